The molecule has 0 radical (unpaired) electrons. The quantitative estimate of drug-likeness (QED) is 0.452. The molecule has 1 fully saturated rings. The van der Waals surface area contributed by atoms with Gasteiger partial charge in [-0.05, 0) is 11.1 Å². The fourth-order valence-corrected chi connectivity index (χ4v) is 3.46. The third kappa shape index (κ3) is 9.61. The molecule has 168 valence electrons. The number of carbonyl (C=O) groups excluding carboxylic acids is 1. The van der Waals surface area contributed by atoms with Gasteiger partial charge in [0.15, 0.2) is 0 Å². The Balaban J connectivity index is 1.98. The van der Waals surface area contributed by atoms with Gasteiger partial charge in [0.25, 0.3) is 0 Å². The van der Waals surface area contributed by atoms with Crippen LogP contribution in [0.5, 0.6) is 0 Å². The zero-order valence-electron chi connectivity index (χ0n) is 17.6. The molecule has 3 N–H and O–H groups in total. The predicted molar refractivity (Wildman–Crippen MR) is 115 cm³/mol. The average molecular weight is 431 g/mol. The first kappa shape index (κ1) is 24.3. The molecule has 1 heterocycles. The lowest BCUT2D eigenvalue weighted by Gasteiger charge is -2.25. The summed E-state index contributed by atoms with van der Waals surface area (Å²) < 4.78 is 0. The van der Waals surface area contributed by atoms with Gasteiger partial charge >= 0.3 is 11.9 Å². The zero-order chi connectivity index (χ0) is 22.6. The van der Waals surface area contributed by atoms with E-state index in [1.54, 1.807) is 0 Å². The van der Waals surface area contributed by atoms with E-state index in [9.17, 15) is 14.4 Å². The number of nitrogens with zero attached hydrogens (tertiary/aromatic N) is 3. The second-order valence-electron chi connectivity index (χ2n) is 7.59. The second kappa shape index (κ2) is 12.7. The summed E-state index contributed by atoms with van der Waals surface area (Å²) in [7, 11) is 0. The van der Waals surface area contributed by atoms with Crippen LogP contribution in [-0.2, 0) is 27.3 Å². The highest BCUT2D eigenvalue weighted by atomic mass is 16.4. The number of rotatable bonds is 9. The van der Waals surface area contributed by atoms with E-state index in [2.05, 4.69) is 16.1 Å². The van der Waals surface area contributed by atoms with Gasteiger partial charge in [-0.1, -0.05) is 30.2 Å². The molecule has 1 aliphatic heterocycles. The van der Waals surface area contributed by atoms with Gasteiger partial charge in [0.05, 0.1) is 26.1 Å². The van der Waals surface area contributed by atoms with Crippen LogP contribution >= 0.6 is 0 Å². The number of carboxylic acid groups (broad SMARTS) is 2. The third-order valence-electron chi connectivity index (χ3n) is 5.10. The van der Waals surface area contributed by atoms with E-state index in [4.69, 9.17) is 16.6 Å². The van der Waals surface area contributed by atoms with E-state index in [1.165, 1.54) is 0 Å². The van der Waals surface area contributed by atoms with Crippen molar-refractivity contribution >= 4 is 17.8 Å². The van der Waals surface area contributed by atoms with Crippen LogP contribution in [0, 0.1) is 12.3 Å². The maximum absolute atomic E-state index is 11.8. The number of carboxylic acids is 2. The summed E-state index contributed by atoms with van der Waals surface area (Å²) in [5.41, 5.74) is 1.96. The molecule has 2 rings (SSSR count). The lowest BCUT2D eigenvalue weighted by molar-refractivity contribution is -0.140. The van der Waals surface area contributed by atoms with Gasteiger partial charge in [-0.25, -0.2) is 0 Å². The van der Waals surface area contributed by atoms with Gasteiger partial charge in [0.2, 0.25) is 5.91 Å². The van der Waals surface area contributed by atoms with Gasteiger partial charge < -0.3 is 15.5 Å². The second-order valence-corrected chi connectivity index (χ2v) is 7.59. The Morgan fingerprint density at radius 2 is 1.29 bits per heavy atom. The molecule has 1 aromatic rings. The van der Waals surface area contributed by atoms with Crippen LogP contribution in [0.1, 0.15) is 11.1 Å². The van der Waals surface area contributed by atoms with E-state index in [-0.39, 0.29) is 32.0 Å². The van der Waals surface area contributed by atoms with Crippen molar-refractivity contribution in [2.24, 2.45) is 0 Å². The topological polar surface area (TPSA) is 113 Å². The highest BCUT2D eigenvalue weighted by Gasteiger charge is 2.19. The third-order valence-corrected chi connectivity index (χ3v) is 5.10. The standard InChI is InChI=1S/C22H30N4O5/c1-2-7-23-20(27)14-18-3-5-19(6-4-18)15-24-8-10-25(16-21(28)29)12-13-26(11-9-24)17-22(30)31/h1,3-6H,7-17H2,(H,23,27)(H,28,29)(H,30,31). The normalized spacial score (nSPS) is 16.5. The average Bonchev–Trinajstić information content (AvgIpc) is 2.79. The first-order chi connectivity index (χ1) is 14.9. The Morgan fingerprint density at radius 3 is 1.74 bits per heavy atom. The molecule has 0 atom stereocenters. The first-order valence-electron chi connectivity index (χ1n) is 10.2. The number of carbonyl (C=O) groups is 3. The van der Waals surface area contributed by atoms with Crippen LogP contribution in [0.3, 0.4) is 0 Å². The maximum atomic E-state index is 11.8. The highest BCUT2D eigenvalue weighted by Crippen LogP contribution is 2.10. The van der Waals surface area contributed by atoms with Crippen LogP contribution in [0.4, 0.5) is 0 Å². The van der Waals surface area contributed by atoms with Crippen molar-refractivity contribution in [1.82, 2.24) is 20.0 Å². The van der Waals surface area contributed by atoms with Gasteiger partial charge in [0.1, 0.15) is 0 Å². The highest BCUT2D eigenvalue weighted by molar-refractivity contribution is 5.78. The van der Waals surface area contributed by atoms with Crippen molar-refractivity contribution in [3.8, 4) is 12.3 Å². The molecule has 0 aliphatic carbocycles. The Morgan fingerprint density at radius 1 is 0.839 bits per heavy atom. The summed E-state index contributed by atoms with van der Waals surface area (Å²) in [6.07, 6.45) is 5.40. The van der Waals surface area contributed by atoms with Crippen molar-refractivity contribution in [2.45, 2.75) is 13.0 Å². The minimum absolute atomic E-state index is 0.0643. The molecule has 0 aromatic heterocycles. The summed E-state index contributed by atoms with van der Waals surface area (Å²) in [5, 5.41) is 20.9. The number of nitrogens with one attached hydrogen (secondary N) is 1. The molecule has 0 bridgehead atoms. The molecular weight excluding hydrogens is 400 g/mol. The Labute approximate surface area is 182 Å². The number of hydrogen-bond donors (Lipinski definition) is 3. The number of terminal acetylenes is 1. The number of amides is 1. The summed E-state index contributed by atoms with van der Waals surface area (Å²) in [4.78, 5) is 40.0. The number of benzene rings is 1. The molecule has 31 heavy (non-hydrogen) atoms. The van der Waals surface area contributed by atoms with E-state index < -0.39 is 11.9 Å². The van der Waals surface area contributed by atoms with Crippen LogP contribution in [0.25, 0.3) is 0 Å². The van der Waals surface area contributed by atoms with Crippen molar-refractivity contribution in [1.29, 1.82) is 0 Å². The lowest BCUT2D eigenvalue weighted by atomic mass is 10.1. The van der Waals surface area contributed by atoms with Gasteiger partial charge in [0, 0.05) is 45.8 Å². The smallest absolute Gasteiger partial charge is 0.317 e. The van der Waals surface area contributed by atoms with Crippen molar-refractivity contribution in [2.75, 3.05) is 58.9 Å². The monoisotopic (exact) mass is 430 g/mol. The van der Waals surface area contributed by atoms with Gasteiger partial charge in [-0.15, -0.1) is 6.42 Å². The molecule has 1 amide bonds. The summed E-state index contributed by atoms with van der Waals surface area (Å²) >= 11 is 0. The van der Waals surface area contributed by atoms with E-state index in [1.807, 2.05) is 34.1 Å². The van der Waals surface area contributed by atoms with Crippen LogP contribution in [-0.4, -0.2) is 102 Å². The van der Waals surface area contributed by atoms with Crippen LogP contribution in [0.2, 0.25) is 0 Å². The summed E-state index contributed by atoms with van der Waals surface area (Å²) in [6.45, 7) is 4.34. The van der Waals surface area contributed by atoms with E-state index in [0.717, 1.165) is 11.1 Å². The maximum Gasteiger partial charge on any atom is 0.317 e. The molecule has 1 aromatic carbocycles. The molecule has 0 spiro atoms. The van der Waals surface area contributed by atoms with Gasteiger partial charge in [-0.2, -0.15) is 0 Å². The van der Waals surface area contributed by atoms with Crippen LogP contribution < -0.4 is 5.32 Å². The molecule has 1 aliphatic rings. The Kier molecular flexibility index (Phi) is 9.97. The fraction of sp³-hybridized carbons (Fsp3) is 0.500. The minimum Gasteiger partial charge on any atom is -0.480 e. The van der Waals surface area contributed by atoms with Crippen LogP contribution in [0.15, 0.2) is 24.3 Å². The molecule has 0 unspecified atom stereocenters. The summed E-state index contributed by atoms with van der Waals surface area (Å²) in [6, 6.07) is 7.77. The molecular formula is C22H30N4O5. The first-order valence-corrected chi connectivity index (χ1v) is 10.2. The molecule has 0 saturated carbocycles. The molecule has 1 saturated heterocycles. The Hall–Kier alpha value is -2.93. The van der Waals surface area contributed by atoms with Crippen molar-refractivity contribution < 1.29 is 24.6 Å². The van der Waals surface area contributed by atoms with E-state index >= 15 is 0 Å². The number of aliphatic carboxylic acids is 2. The SMILES string of the molecule is C#CCNC(=O)Cc1ccc(CN2CCN(CC(=O)O)CCN(CC(=O)O)CC2)cc1. The predicted octanol–water partition coefficient (Wildman–Crippen LogP) is -0.433. The van der Waals surface area contributed by atoms with Crippen molar-refractivity contribution in [3.05, 3.63) is 35.4 Å². The molecule has 9 nitrogen and oxygen atoms in total. The molecule has 9 heteroatoms. The van der Waals surface area contributed by atoms with Crippen molar-refractivity contribution in [3.63, 3.8) is 0 Å². The van der Waals surface area contributed by atoms with E-state index in [0.29, 0.717) is 45.8 Å². The largest absolute Gasteiger partial charge is 0.480 e. The Bertz CT molecular complexity index is 762. The fourth-order valence-electron chi connectivity index (χ4n) is 3.46. The summed E-state index contributed by atoms with van der Waals surface area (Å²) in [5.74, 6) is 0.465. The van der Waals surface area contributed by atoms with Gasteiger partial charge in [-0.3, -0.25) is 29.1 Å². The number of hydrogen-bond acceptors (Lipinski definition) is 6. The minimum atomic E-state index is -0.891. The zero-order valence-corrected chi connectivity index (χ0v) is 17.6. The lowest BCUT2D eigenvalue weighted by Crippen LogP contribution is -2.40.